The van der Waals surface area contributed by atoms with Crippen molar-refractivity contribution >= 4 is 11.8 Å². The molecular formula is C18H24N2. The molecule has 0 bridgehead atoms. The molecule has 0 saturated carbocycles. The molecule has 0 radical (unpaired) electrons. The van der Waals surface area contributed by atoms with Crippen LogP contribution in [0.3, 0.4) is 0 Å². The van der Waals surface area contributed by atoms with Gasteiger partial charge in [-0.15, -0.1) is 0 Å². The van der Waals surface area contributed by atoms with Crippen LogP contribution in [0.25, 0.3) is 5.57 Å². The highest BCUT2D eigenvalue weighted by molar-refractivity contribution is 6.10. The van der Waals surface area contributed by atoms with Crippen molar-refractivity contribution in [2.45, 2.75) is 20.3 Å². The second kappa shape index (κ2) is 8.92. The zero-order chi connectivity index (χ0) is 14.8. The normalized spacial score (nSPS) is 12.8. The first kappa shape index (κ1) is 16.0. The molecule has 20 heavy (non-hydrogen) atoms. The van der Waals surface area contributed by atoms with E-state index in [-0.39, 0.29) is 0 Å². The standard InChI is InChI=1S/C18H24N2/c1-5-11-20-16(3)12-15(2)13-18(14-19-4)17-9-7-6-8-10-17/h6-10,12-14,20H,3,5,11H2,1-2,4H3/b15-12+,18-13+,19-14-. The third-order valence-electron chi connectivity index (χ3n) is 2.76. The fourth-order valence-corrected chi connectivity index (χ4v) is 1.86. The summed E-state index contributed by atoms with van der Waals surface area (Å²) in [4.78, 5) is 4.14. The van der Waals surface area contributed by atoms with Crippen LogP contribution in [0.15, 0.2) is 65.3 Å². The molecule has 2 nitrogen and oxygen atoms in total. The van der Waals surface area contributed by atoms with E-state index in [2.05, 4.69) is 55.0 Å². The molecule has 1 aromatic carbocycles. The quantitative estimate of drug-likeness (QED) is 0.581. The molecule has 0 aliphatic heterocycles. The van der Waals surface area contributed by atoms with E-state index in [1.165, 1.54) is 0 Å². The molecule has 0 atom stereocenters. The van der Waals surface area contributed by atoms with Gasteiger partial charge >= 0.3 is 0 Å². The molecule has 1 rings (SSSR count). The summed E-state index contributed by atoms with van der Waals surface area (Å²) in [5.41, 5.74) is 4.36. The number of aliphatic imine (C=N–C) groups is 1. The third-order valence-corrected chi connectivity index (χ3v) is 2.76. The molecule has 2 heteroatoms. The molecule has 1 N–H and O–H groups in total. The number of allylic oxidation sites excluding steroid dienone is 4. The van der Waals surface area contributed by atoms with Gasteiger partial charge < -0.3 is 5.32 Å². The Labute approximate surface area is 122 Å². The lowest BCUT2D eigenvalue weighted by Crippen LogP contribution is -2.11. The molecule has 0 amide bonds. The van der Waals surface area contributed by atoms with Gasteiger partial charge in [-0.2, -0.15) is 0 Å². The van der Waals surface area contributed by atoms with Crippen molar-refractivity contribution in [2.24, 2.45) is 4.99 Å². The van der Waals surface area contributed by atoms with Gasteiger partial charge in [0.15, 0.2) is 0 Å². The summed E-state index contributed by atoms with van der Waals surface area (Å²) in [6.07, 6.45) is 7.16. The van der Waals surface area contributed by atoms with Crippen LogP contribution in [0.1, 0.15) is 25.8 Å². The van der Waals surface area contributed by atoms with E-state index in [4.69, 9.17) is 0 Å². The Bertz CT molecular complexity index is 507. The molecule has 0 spiro atoms. The Hall–Kier alpha value is -2.09. The monoisotopic (exact) mass is 268 g/mol. The minimum atomic E-state index is 0.946. The zero-order valence-electron chi connectivity index (χ0n) is 12.7. The van der Waals surface area contributed by atoms with Gasteiger partial charge in [0.2, 0.25) is 0 Å². The minimum absolute atomic E-state index is 0.946. The summed E-state index contributed by atoms with van der Waals surface area (Å²) < 4.78 is 0. The van der Waals surface area contributed by atoms with Crippen molar-refractivity contribution in [1.29, 1.82) is 0 Å². The lowest BCUT2D eigenvalue weighted by Gasteiger charge is -2.06. The molecule has 0 aliphatic carbocycles. The molecule has 0 unspecified atom stereocenters. The number of nitrogens with zero attached hydrogens (tertiary/aromatic N) is 1. The highest BCUT2D eigenvalue weighted by Crippen LogP contribution is 2.15. The van der Waals surface area contributed by atoms with E-state index in [9.17, 15) is 0 Å². The van der Waals surface area contributed by atoms with Crippen LogP contribution in [0, 0.1) is 0 Å². The van der Waals surface area contributed by atoms with E-state index in [0.29, 0.717) is 0 Å². The van der Waals surface area contributed by atoms with Gasteiger partial charge in [-0.25, -0.2) is 0 Å². The van der Waals surface area contributed by atoms with Crippen molar-refractivity contribution in [2.75, 3.05) is 13.6 Å². The summed E-state index contributed by atoms with van der Waals surface area (Å²) in [5.74, 6) is 0. The largest absolute Gasteiger partial charge is 0.386 e. The van der Waals surface area contributed by atoms with Crippen molar-refractivity contribution < 1.29 is 0 Å². The Morgan fingerprint density at radius 2 is 1.95 bits per heavy atom. The van der Waals surface area contributed by atoms with E-state index in [1.54, 1.807) is 7.05 Å². The second-order valence-electron chi connectivity index (χ2n) is 4.69. The Morgan fingerprint density at radius 3 is 2.55 bits per heavy atom. The Morgan fingerprint density at radius 1 is 1.25 bits per heavy atom. The molecule has 1 aromatic rings. The Kier molecular flexibility index (Phi) is 7.12. The number of rotatable bonds is 7. The fourth-order valence-electron chi connectivity index (χ4n) is 1.86. The number of benzene rings is 1. The van der Waals surface area contributed by atoms with Gasteiger partial charge in [-0.05, 0) is 42.2 Å². The van der Waals surface area contributed by atoms with E-state index in [1.807, 2.05) is 24.4 Å². The van der Waals surface area contributed by atoms with Crippen LogP contribution >= 0.6 is 0 Å². The third kappa shape index (κ3) is 5.70. The second-order valence-corrected chi connectivity index (χ2v) is 4.69. The zero-order valence-corrected chi connectivity index (χ0v) is 12.7. The van der Waals surface area contributed by atoms with Gasteiger partial charge in [0.25, 0.3) is 0 Å². The maximum absolute atomic E-state index is 4.14. The maximum atomic E-state index is 4.14. The van der Waals surface area contributed by atoms with Crippen LogP contribution in [0.2, 0.25) is 0 Å². The van der Waals surface area contributed by atoms with E-state index < -0.39 is 0 Å². The van der Waals surface area contributed by atoms with Gasteiger partial charge in [-0.1, -0.05) is 43.8 Å². The highest BCUT2D eigenvalue weighted by atomic mass is 14.9. The predicted octanol–water partition coefficient (Wildman–Crippen LogP) is 4.23. The number of nitrogens with one attached hydrogen (secondary N) is 1. The predicted molar refractivity (Wildman–Crippen MR) is 90.0 cm³/mol. The molecule has 0 aliphatic rings. The van der Waals surface area contributed by atoms with Crippen LogP contribution in [-0.4, -0.2) is 19.8 Å². The molecule has 0 saturated heterocycles. The van der Waals surface area contributed by atoms with Gasteiger partial charge in [0.1, 0.15) is 0 Å². The summed E-state index contributed by atoms with van der Waals surface area (Å²) in [7, 11) is 1.79. The van der Waals surface area contributed by atoms with E-state index in [0.717, 1.165) is 35.4 Å². The van der Waals surface area contributed by atoms with Crippen molar-refractivity contribution in [1.82, 2.24) is 5.32 Å². The lowest BCUT2D eigenvalue weighted by atomic mass is 10.0. The highest BCUT2D eigenvalue weighted by Gasteiger charge is 1.98. The SMILES string of the molecule is C=C(/C=C(C)/C=C(\C=N/C)c1ccccc1)NCCC. The summed E-state index contributed by atoms with van der Waals surface area (Å²) in [5, 5.41) is 3.27. The number of hydrogen-bond donors (Lipinski definition) is 1. The first-order valence-corrected chi connectivity index (χ1v) is 6.97. The number of hydrogen-bond acceptors (Lipinski definition) is 2. The molecule has 0 aromatic heterocycles. The maximum Gasteiger partial charge on any atom is 0.0287 e. The van der Waals surface area contributed by atoms with E-state index >= 15 is 0 Å². The van der Waals surface area contributed by atoms with Gasteiger partial charge in [-0.3, -0.25) is 4.99 Å². The topological polar surface area (TPSA) is 24.4 Å². The first-order chi connectivity index (χ1) is 9.67. The molecular weight excluding hydrogens is 244 g/mol. The average Bonchev–Trinajstić information content (AvgIpc) is 2.45. The van der Waals surface area contributed by atoms with Crippen molar-refractivity contribution in [3.63, 3.8) is 0 Å². The molecule has 0 fully saturated rings. The summed E-state index contributed by atoms with van der Waals surface area (Å²) >= 11 is 0. The molecule has 106 valence electrons. The van der Waals surface area contributed by atoms with Crippen LogP contribution in [0.4, 0.5) is 0 Å². The van der Waals surface area contributed by atoms with Gasteiger partial charge in [0.05, 0.1) is 0 Å². The Balaban J connectivity index is 2.91. The van der Waals surface area contributed by atoms with Crippen molar-refractivity contribution in [3.05, 3.63) is 65.9 Å². The van der Waals surface area contributed by atoms with Crippen LogP contribution in [0.5, 0.6) is 0 Å². The smallest absolute Gasteiger partial charge is 0.0287 e. The van der Waals surface area contributed by atoms with Crippen LogP contribution in [-0.2, 0) is 0 Å². The average molecular weight is 268 g/mol. The fraction of sp³-hybridized carbons (Fsp3) is 0.278. The minimum Gasteiger partial charge on any atom is -0.386 e. The first-order valence-electron chi connectivity index (χ1n) is 6.97. The van der Waals surface area contributed by atoms with Crippen LogP contribution < -0.4 is 5.32 Å². The lowest BCUT2D eigenvalue weighted by molar-refractivity contribution is 0.786. The molecule has 0 heterocycles. The van der Waals surface area contributed by atoms with Gasteiger partial charge in [0, 0.05) is 25.5 Å². The van der Waals surface area contributed by atoms with Crippen molar-refractivity contribution in [3.8, 4) is 0 Å². The summed E-state index contributed by atoms with van der Waals surface area (Å²) in [6.45, 7) is 9.18. The summed E-state index contributed by atoms with van der Waals surface area (Å²) in [6, 6.07) is 10.3.